The van der Waals surface area contributed by atoms with Crippen molar-refractivity contribution in [3.05, 3.63) is 47.5 Å². The first-order valence-electron chi connectivity index (χ1n) is 8.18. The topological polar surface area (TPSA) is 0 Å². The minimum absolute atomic E-state index is 0. The summed E-state index contributed by atoms with van der Waals surface area (Å²) in [5.41, 5.74) is 0.904. The quantitative estimate of drug-likeness (QED) is 0.558. The van der Waals surface area contributed by atoms with Gasteiger partial charge in [-0.2, -0.15) is 0 Å². The van der Waals surface area contributed by atoms with Gasteiger partial charge in [0.1, 0.15) is 0 Å². The molecule has 1 aliphatic carbocycles. The van der Waals surface area contributed by atoms with Gasteiger partial charge >= 0.3 is 0 Å². The SMILES string of the molecule is C=CC1CCC(CCc2ccc(C)c(F)c2F)CC1.CC.[HH]. The molecule has 0 heterocycles. The maximum atomic E-state index is 13.7. The molecule has 1 aromatic rings. The first-order valence-corrected chi connectivity index (χ1v) is 8.18. The van der Waals surface area contributed by atoms with Crippen LogP contribution in [0.3, 0.4) is 0 Å². The van der Waals surface area contributed by atoms with Crippen molar-refractivity contribution in [3.8, 4) is 0 Å². The molecule has 1 fully saturated rings. The molecule has 0 radical (unpaired) electrons. The van der Waals surface area contributed by atoms with Crippen LogP contribution in [0.25, 0.3) is 0 Å². The van der Waals surface area contributed by atoms with E-state index >= 15 is 0 Å². The molecule has 0 aliphatic heterocycles. The monoisotopic (exact) mass is 296 g/mol. The molecule has 1 aromatic carbocycles. The molecular formula is C19H30F2. The zero-order valence-electron chi connectivity index (χ0n) is 13.6. The molecule has 0 unspecified atom stereocenters. The zero-order chi connectivity index (χ0) is 15.8. The van der Waals surface area contributed by atoms with Gasteiger partial charge in [0.2, 0.25) is 0 Å². The van der Waals surface area contributed by atoms with E-state index in [1.165, 1.54) is 25.7 Å². The maximum absolute atomic E-state index is 13.7. The first-order chi connectivity index (χ1) is 10.1. The Kier molecular flexibility index (Phi) is 7.63. The lowest BCUT2D eigenvalue weighted by atomic mass is 9.79. The van der Waals surface area contributed by atoms with Crippen LogP contribution in [0, 0.1) is 30.4 Å². The molecule has 0 amide bonds. The summed E-state index contributed by atoms with van der Waals surface area (Å²) in [5.74, 6) is -0.0302. The van der Waals surface area contributed by atoms with Crippen LogP contribution in [0.2, 0.25) is 0 Å². The van der Waals surface area contributed by atoms with Crippen molar-refractivity contribution in [1.82, 2.24) is 0 Å². The summed E-state index contributed by atoms with van der Waals surface area (Å²) in [6.07, 6.45) is 8.41. The van der Waals surface area contributed by atoms with E-state index in [1.807, 2.05) is 19.9 Å². The molecule has 120 valence electrons. The van der Waals surface area contributed by atoms with Gasteiger partial charge in [-0.15, -0.1) is 6.58 Å². The average Bonchev–Trinajstić information content (AvgIpc) is 2.54. The average molecular weight is 296 g/mol. The van der Waals surface area contributed by atoms with E-state index in [0.29, 0.717) is 29.4 Å². The van der Waals surface area contributed by atoms with E-state index in [2.05, 4.69) is 6.58 Å². The second-order valence-corrected chi connectivity index (χ2v) is 5.72. The lowest BCUT2D eigenvalue weighted by Crippen LogP contribution is -2.14. The second kappa shape index (κ2) is 8.96. The highest BCUT2D eigenvalue weighted by molar-refractivity contribution is 5.25. The van der Waals surface area contributed by atoms with Crippen molar-refractivity contribution in [2.45, 2.75) is 59.3 Å². The summed E-state index contributed by atoms with van der Waals surface area (Å²) in [7, 11) is 0. The van der Waals surface area contributed by atoms with Crippen molar-refractivity contribution in [2.75, 3.05) is 0 Å². The van der Waals surface area contributed by atoms with Crippen LogP contribution >= 0.6 is 0 Å². The minimum atomic E-state index is -0.687. The highest BCUT2D eigenvalue weighted by Gasteiger charge is 2.20. The van der Waals surface area contributed by atoms with Gasteiger partial charge in [-0.05, 0) is 68.4 Å². The first kappa shape index (κ1) is 17.9. The molecule has 1 saturated carbocycles. The Bertz CT molecular complexity index is 449. The fourth-order valence-electron chi connectivity index (χ4n) is 2.95. The molecule has 0 nitrogen and oxygen atoms in total. The maximum Gasteiger partial charge on any atom is 0.162 e. The number of hydrogen-bond donors (Lipinski definition) is 0. The van der Waals surface area contributed by atoms with Crippen LogP contribution in [0.15, 0.2) is 24.8 Å². The van der Waals surface area contributed by atoms with Crippen molar-refractivity contribution in [1.29, 1.82) is 0 Å². The van der Waals surface area contributed by atoms with Crippen LogP contribution in [0.4, 0.5) is 8.78 Å². The van der Waals surface area contributed by atoms with Crippen molar-refractivity contribution < 1.29 is 10.2 Å². The Morgan fingerprint density at radius 2 is 1.76 bits per heavy atom. The van der Waals surface area contributed by atoms with Crippen molar-refractivity contribution in [3.63, 3.8) is 0 Å². The highest BCUT2D eigenvalue weighted by atomic mass is 19.2. The van der Waals surface area contributed by atoms with E-state index in [9.17, 15) is 8.78 Å². The van der Waals surface area contributed by atoms with Gasteiger partial charge in [0.05, 0.1) is 0 Å². The Labute approximate surface area is 129 Å². The van der Waals surface area contributed by atoms with Crippen LogP contribution in [0.5, 0.6) is 0 Å². The van der Waals surface area contributed by atoms with Gasteiger partial charge in [0.15, 0.2) is 11.6 Å². The van der Waals surface area contributed by atoms with E-state index < -0.39 is 11.6 Å². The van der Waals surface area contributed by atoms with Crippen LogP contribution in [-0.4, -0.2) is 0 Å². The fraction of sp³-hybridized carbons (Fsp3) is 0.579. The zero-order valence-corrected chi connectivity index (χ0v) is 13.6. The number of aryl methyl sites for hydroxylation is 2. The molecule has 21 heavy (non-hydrogen) atoms. The number of benzene rings is 1. The second-order valence-electron chi connectivity index (χ2n) is 5.72. The Morgan fingerprint density at radius 3 is 2.33 bits per heavy atom. The number of rotatable bonds is 4. The van der Waals surface area contributed by atoms with Gasteiger partial charge in [0, 0.05) is 1.43 Å². The number of allylic oxidation sites excluding steroid dienone is 1. The number of hydrogen-bond acceptors (Lipinski definition) is 0. The van der Waals surface area contributed by atoms with Gasteiger partial charge < -0.3 is 0 Å². The lowest BCUT2D eigenvalue weighted by molar-refractivity contribution is 0.295. The van der Waals surface area contributed by atoms with E-state index in [4.69, 9.17) is 0 Å². The third-order valence-corrected chi connectivity index (χ3v) is 4.40. The lowest BCUT2D eigenvalue weighted by Gasteiger charge is -2.26. The summed E-state index contributed by atoms with van der Waals surface area (Å²) in [5, 5.41) is 0. The van der Waals surface area contributed by atoms with Crippen LogP contribution < -0.4 is 0 Å². The Hall–Kier alpha value is -1.18. The molecule has 0 N–H and O–H groups in total. The van der Waals surface area contributed by atoms with E-state index in [-0.39, 0.29) is 1.43 Å². The summed E-state index contributed by atoms with van der Waals surface area (Å²) in [6, 6.07) is 3.39. The molecule has 0 aromatic heterocycles. The molecule has 0 saturated heterocycles. The van der Waals surface area contributed by atoms with Crippen molar-refractivity contribution in [2.24, 2.45) is 11.8 Å². The molecule has 2 rings (SSSR count). The summed E-state index contributed by atoms with van der Waals surface area (Å²) in [6.45, 7) is 9.44. The summed E-state index contributed by atoms with van der Waals surface area (Å²) < 4.78 is 27.2. The largest absolute Gasteiger partial charge is 0.203 e. The molecule has 2 heteroatoms. The molecule has 1 aliphatic rings. The molecule has 0 spiro atoms. The third-order valence-electron chi connectivity index (χ3n) is 4.40. The third kappa shape index (κ3) is 4.94. The fourth-order valence-corrected chi connectivity index (χ4v) is 2.95. The van der Waals surface area contributed by atoms with Gasteiger partial charge in [-0.1, -0.05) is 32.1 Å². The van der Waals surface area contributed by atoms with Crippen molar-refractivity contribution >= 4 is 0 Å². The molecular weight excluding hydrogens is 266 g/mol. The van der Waals surface area contributed by atoms with E-state index in [1.54, 1.807) is 19.1 Å². The van der Waals surface area contributed by atoms with Gasteiger partial charge in [0.25, 0.3) is 0 Å². The standard InChI is InChI=1S/C17H22F2.C2H6.H2/c1-3-13-5-7-14(8-6-13)9-11-15-10-4-12(2)16(18)17(15)19;1-2;/h3-4,10,13-14H,1,5-9,11H2,2H3;1-2H3;1H. The normalized spacial score (nSPS) is 21.4. The van der Waals surface area contributed by atoms with Gasteiger partial charge in [-0.3, -0.25) is 0 Å². The summed E-state index contributed by atoms with van der Waals surface area (Å²) in [4.78, 5) is 0. The Morgan fingerprint density at radius 1 is 1.14 bits per heavy atom. The number of halogens is 2. The predicted octanol–water partition coefficient (Wildman–Crippen LogP) is 6.47. The van der Waals surface area contributed by atoms with E-state index in [0.717, 1.165) is 6.42 Å². The smallest absolute Gasteiger partial charge is 0.162 e. The van der Waals surface area contributed by atoms with Crippen LogP contribution in [0.1, 0.15) is 58.5 Å². The molecule has 0 atom stereocenters. The minimum Gasteiger partial charge on any atom is -0.203 e. The highest BCUT2D eigenvalue weighted by Crippen LogP contribution is 2.32. The van der Waals surface area contributed by atoms with Gasteiger partial charge in [-0.25, -0.2) is 8.78 Å². The predicted molar refractivity (Wildman–Crippen MR) is 88.5 cm³/mol. The molecule has 0 bridgehead atoms. The summed E-state index contributed by atoms with van der Waals surface area (Å²) >= 11 is 0. The Balaban J connectivity index is 0.00000141. The van der Waals surface area contributed by atoms with Crippen LogP contribution in [-0.2, 0) is 6.42 Å².